The third kappa shape index (κ3) is 3.30. The highest BCUT2D eigenvalue weighted by Gasteiger charge is 2.41. The van der Waals surface area contributed by atoms with E-state index >= 15 is 0 Å². The fourth-order valence-corrected chi connectivity index (χ4v) is 4.33. The van der Waals surface area contributed by atoms with E-state index in [-0.39, 0.29) is 0 Å². The fraction of sp³-hybridized carbons (Fsp3) is 0.588. The van der Waals surface area contributed by atoms with Gasteiger partial charge in [-0.05, 0) is 68.8 Å². The number of benzene rings is 1. The maximum atomic E-state index is 11.4. The normalized spacial score (nSPS) is 29.8. The number of halogens is 1. The van der Waals surface area contributed by atoms with Crippen LogP contribution in [0.3, 0.4) is 0 Å². The van der Waals surface area contributed by atoms with Crippen LogP contribution in [0.1, 0.15) is 31.7 Å². The Kier molecular flexibility index (Phi) is 4.46. The van der Waals surface area contributed by atoms with Crippen LogP contribution in [0.2, 0.25) is 0 Å². The van der Waals surface area contributed by atoms with E-state index in [0.717, 1.165) is 28.9 Å². The highest BCUT2D eigenvalue weighted by atomic mass is 79.9. The SMILES string of the molecule is CC(CC1CN2CCC1CC2)(OC(N)=O)c1ccc(Br)cc1. The Hall–Kier alpha value is -1.07. The lowest BCUT2D eigenvalue weighted by atomic mass is 9.73. The van der Waals surface area contributed by atoms with Crippen LogP contribution in [0.25, 0.3) is 0 Å². The molecule has 0 radical (unpaired) electrons. The molecule has 4 nitrogen and oxygen atoms in total. The molecule has 2 atom stereocenters. The van der Waals surface area contributed by atoms with Crippen LogP contribution in [0.15, 0.2) is 28.7 Å². The van der Waals surface area contributed by atoms with Crippen LogP contribution in [-0.4, -0.2) is 30.6 Å². The van der Waals surface area contributed by atoms with Gasteiger partial charge in [0.15, 0.2) is 0 Å². The van der Waals surface area contributed by atoms with E-state index < -0.39 is 11.7 Å². The smallest absolute Gasteiger partial charge is 0.405 e. The van der Waals surface area contributed by atoms with Gasteiger partial charge >= 0.3 is 6.09 Å². The molecular weight excluding hydrogens is 344 g/mol. The van der Waals surface area contributed by atoms with Gasteiger partial charge in [0.1, 0.15) is 5.60 Å². The van der Waals surface area contributed by atoms with Crippen LogP contribution >= 0.6 is 15.9 Å². The largest absolute Gasteiger partial charge is 0.438 e. The summed E-state index contributed by atoms with van der Waals surface area (Å²) in [6, 6.07) is 7.98. The van der Waals surface area contributed by atoms with Crippen molar-refractivity contribution in [3.8, 4) is 0 Å². The predicted octanol–water partition coefficient (Wildman–Crippen LogP) is 3.49. The zero-order valence-corrected chi connectivity index (χ0v) is 14.5. The summed E-state index contributed by atoms with van der Waals surface area (Å²) in [6.45, 7) is 5.52. The summed E-state index contributed by atoms with van der Waals surface area (Å²) in [6.07, 6.45) is 2.65. The molecule has 2 N–H and O–H groups in total. The molecule has 120 valence electrons. The van der Waals surface area contributed by atoms with E-state index in [0.29, 0.717) is 5.92 Å². The molecule has 3 aliphatic heterocycles. The maximum Gasteiger partial charge on any atom is 0.405 e. The third-order valence-corrected chi connectivity index (χ3v) is 5.75. The highest BCUT2D eigenvalue weighted by molar-refractivity contribution is 9.10. The van der Waals surface area contributed by atoms with Crippen molar-refractivity contribution in [3.63, 3.8) is 0 Å². The Morgan fingerprint density at radius 3 is 2.50 bits per heavy atom. The third-order valence-electron chi connectivity index (χ3n) is 5.22. The molecule has 3 saturated heterocycles. The second-order valence-electron chi connectivity index (χ2n) is 6.76. The first-order chi connectivity index (χ1) is 10.5. The molecule has 2 bridgehead atoms. The second-order valence-corrected chi connectivity index (χ2v) is 7.68. The van der Waals surface area contributed by atoms with E-state index in [4.69, 9.17) is 10.5 Å². The lowest BCUT2D eigenvalue weighted by molar-refractivity contribution is -0.0325. The van der Waals surface area contributed by atoms with Gasteiger partial charge in [-0.3, -0.25) is 0 Å². The van der Waals surface area contributed by atoms with Crippen LogP contribution in [0.5, 0.6) is 0 Å². The zero-order valence-electron chi connectivity index (χ0n) is 12.9. The Labute approximate surface area is 140 Å². The van der Waals surface area contributed by atoms with E-state index in [1.54, 1.807) is 0 Å². The Balaban J connectivity index is 1.82. The van der Waals surface area contributed by atoms with Crippen molar-refractivity contribution in [1.29, 1.82) is 0 Å². The molecule has 22 heavy (non-hydrogen) atoms. The van der Waals surface area contributed by atoms with Crippen LogP contribution < -0.4 is 5.73 Å². The van der Waals surface area contributed by atoms with Crippen molar-refractivity contribution < 1.29 is 9.53 Å². The Morgan fingerprint density at radius 1 is 1.36 bits per heavy atom. The lowest BCUT2D eigenvalue weighted by Gasteiger charge is -2.47. The summed E-state index contributed by atoms with van der Waals surface area (Å²) in [5.41, 5.74) is 5.69. The standard InChI is InChI=1S/C17H23BrN2O2/c1-17(22-16(19)21,14-2-4-15(18)5-3-14)10-13-11-20-8-6-12(13)7-9-20/h2-5,12-13H,6-11H2,1H3,(H2,19,21). The second kappa shape index (κ2) is 6.20. The summed E-state index contributed by atoms with van der Waals surface area (Å²) < 4.78 is 6.59. The fourth-order valence-electron chi connectivity index (χ4n) is 4.06. The van der Waals surface area contributed by atoms with E-state index in [9.17, 15) is 4.79 Å². The number of carbonyl (C=O) groups is 1. The van der Waals surface area contributed by atoms with Gasteiger partial charge in [0.2, 0.25) is 0 Å². The Morgan fingerprint density at radius 2 is 2.00 bits per heavy atom. The summed E-state index contributed by atoms with van der Waals surface area (Å²) >= 11 is 3.45. The van der Waals surface area contributed by atoms with Crippen molar-refractivity contribution >= 4 is 22.0 Å². The van der Waals surface area contributed by atoms with Gasteiger partial charge < -0.3 is 15.4 Å². The number of hydrogen-bond donors (Lipinski definition) is 1. The average Bonchev–Trinajstić information content (AvgIpc) is 2.48. The number of rotatable bonds is 4. The van der Waals surface area contributed by atoms with Gasteiger partial charge in [-0.2, -0.15) is 0 Å². The monoisotopic (exact) mass is 366 g/mol. The van der Waals surface area contributed by atoms with E-state index in [1.165, 1.54) is 25.9 Å². The number of fused-ring (bicyclic) bond motifs is 3. The molecule has 4 rings (SSSR count). The van der Waals surface area contributed by atoms with Crippen LogP contribution in [0.4, 0.5) is 4.79 Å². The summed E-state index contributed by atoms with van der Waals surface area (Å²) in [4.78, 5) is 14.0. The van der Waals surface area contributed by atoms with Gasteiger partial charge in [-0.15, -0.1) is 0 Å². The number of carbonyl (C=O) groups excluding carboxylic acids is 1. The molecule has 3 fully saturated rings. The summed E-state index contributed by atoms with van der Waals surface area (Å²) in [5.74, 6) is 1.31. The summed E-state index contributed by atoms with van der Waals surface area (Å²) in [7, 11) is 0. The number of piperidine rings is 3. The first-order valence-corrected chi connectivity index (χ1v) is 8.72. The van der Waals surface area contributed by atoms with Crippen LogP contribution in [-0.2, 0) is 10.3 Å². The van der Waals surface area contributed by atoms with Gasteiger partial charge in [-0.1, -0.05) is 28.1 Å². The van der Waals surface area contributed by atoms with Crippen molar-refractivity contribution in [3.05, 3.63) is 34.3 Å². The quantitative estimate of drug-likeness (QED) is 0.886. The van der Waals surface area contributed by atoms with E-state index in [2.05, 4.69) is 20.8 Å². The molecule has 3 heterocycles. The molecule has 1 amide bonds. The van der Waals surface area contributed by atoms with Gasteiger partial charge in [0.25, 0.3) is 0 Å². The maximum absolute atomic E-state index is 11.4. The molecule has 0 aromatic heterocycles. The van der Waals surface area contributed by atoms with Crippen molar-refractivity contribution in [1.82, 2.24) is 4.90 Å². The van der Waals surface area contributed by atoms with Crippen LogP contribution in [0, 0.1) is 11.8 Å². The minimum Gasteiger partial charge on any atom is -0.438 e. The van der Waals surface area contributed by atoms with Gasteiger partial charge in [0.05, 0.1) is 0 Å². The Bertz CT molecular complexity index is 540. The summed E-state index contributed by atoms with van der Waals surface area (Å²) in [5, 5.41) is 0. The predicted molar refractivity (Wildman–Crippen MR) is 89.4 cm³/mol. The van der Waals surface area contributed by atoms with Crippen molar-refractivity contribution in [2.24, 2.45) is 17.6 Å². The zero-order chi connectivity index (χ0) is 15.7. The van der Waals surface area contributed by atoms with E-state index in [1.807, 2.05) is 31.2 Å². The lowest BCUT2D eigenvalue weighted by Crippen LogP contribution is -2.49. The number of nitrogens with two attached hydrogens (primary N) is 1. The number of primary amides is 1. The molecule has 0 saturated carbocycles. The number of nitrogens with zero attached hydrogens (tertiary/aromatic N) is 1. The minimum absolute atomic E-state index is 0.565. The molecule has 0 spiro atoms. The molecule has 1 aromatic rings. The first-order valence-electron chi connectivity index (χ1n) is 7.93. The van der Waals surface area contributed by atoms with Crippen molar-refractivity contribution in [2.75, 3.05) is 19.6 Å². The molecule has 2 unspecified atom stereocenters. The topological polar surface area (TPSA) is 55.6 Å². The average molecular weight is 367 g/mol. The molecule has 3 aliphatic rings. The molecule has 0 aliphatic carbocycles. The number of hydrogen-bond acceptors (Lipinski definition) is 3. The molecule has 5 heteroatoms. The minimum atomic E-state index is -0.702. The molecular formula is C17H23BrN2O2. The van der Waals surface area contributed by atoms with Gasteiger partial charge in [0, 0.05) is 11.0 Å². The first kappa shape index (κ1) is 15.8. The van der Waals surface area contributed by atoms with Gasteiger partial charge in [-0.25, -0.2) is 4.79 Å². The molecule has 1 aromatic carbocycles. The van der Waals surface area contributed by atoms with Crippen molar-refractivity contribution in [2.45, 2.75) is 31.8 Å². The number of ether oxygens (including phenoxy) is 1. The highest BCUT2D eigenvalue weighted by Crippen LogP contribution is 2.41. The number of amides is 1.